The fraction of sp³-hybridized carbons (Fsp3) is 0.174. The molecular weight excluding hydrogens is 322 g/mol. The third-order valence-corrected chi connectivity index (χ3v) is 4.37. The highest BCUT2D eigenvalue weighted by atomic mass is 16.5. The Labute approximate surface area is 154 Å². The molecule has 0 aliphatic rings. The number of carbonyl (C=O) groups excluding carboxylic acids is 1. The van der Waals surface area contributed by atoms with Gasteiger partial charge in [0, 0.05) is 0 Å². The number of carbonyl (C=O) groups is 1. The first kappa shape index (κ1) is 17.7. The van der Waals surface area contributed by atoms with Crippen LogP contribution in [0.15, 0.2) is 78.9 Å². The van der Waals surface area contributed by atoms with Gasteiger partial charge in [-0.25, -0.2) is 0 Å². The van der Waals surface area contributed by atoms with Crippen LogP contribution in [-0.2, 0) is 11.2 Å². The quantitative estimate of drug-likeness (QED) is 0.717. The van der Waals surface area contributed by atoms with Crippen molar-refractivity contribution < 1.29 is 9.53 Å². The molecule has 0 saturated carbocycles. The van der Waals surface area contributed by atoms with E-state index < -0.39 is 0 Å². The first-order chi connectivity index (χ1) is 12.7. The maximum absolute atomic E-state index is 12.6. The van der Waals surface area contributed by atoms with Gasteiger partial charge < -0.3 is 10.1 Å². The largest absolute Gasteiger partial charge is 0.497 e. The van der Waals surface area contributed by atoms with Crippen LogP contribution in [0.1, 0.15) is 28.3 Å². The second kappa shape index (κ2) is 8.34. The molecule has 26 heavy (non-hydrogen) atoms. The number of benzene rings is 3. The van der Waals surface area contributed by atoms with Gasteiger partial charge in [-0.3, -0.25) is 4.79 Å². The summed E-state index contributed by atoms with van der Waals surface area (Å²) in [6, 6.07) is 25.7. The zero-order chi connectivity index (χ0) is 18.4. The molecule has 0 aliphatic carbocycles. The number of rotatable bonds is 6. The Kier molecular flexibility index (Phi) is 5.69. The maximum Gasteiger partial charge on any atom is 0.225 e. The number of aryl methyl sites for hydroxylation is 1. The van der Waals surface area contributed by atoms with E-state index in [-0.39, 0.29) is 11.9 Å². The number of amides is 1. The van der Waals surface area contributed by atoms with Crippen molar-refractivity contribution in [3.05, 3.63) is 101 Å². The highest BCUT2D eigenvalue weighted by Gasteiger charge is 2.17. The molecule has 0 fully saturated rings. The van der Waals surface area contributed by atoms with E-state index in [1.165, 1.54) is 5.56 Å². The monoisotopic (exact) mass is 345 g/mol. The van der Waals surface area contributed by atoms with Gasteiger partial charge in [0.1, 0.15) is 5.75 Å². The summed E-state index contributed by atoms with van der Waals surface area (Å²) in [6.07, 6.45) is 0.333. The highest BCUT2D eigenvalue weighted by molar-refractivity contribution is 5.79. The molecule has 0 radical (unpaired) electrons. The van der Waals surface area contributed by atoms with Crippen LogP contribution < -0.4 is 10.1 Å². The second-order valence-corrected chi connectivity index (χ2v) is 6.35. The van der Waals surface area contributed by atoms with Crippen molar-refractivity contribution in [1.82, 2.24) is 5.32 Å². The Bertz CT molecular complexity index is 840. The molecular formula is C23H23NO2. The van der Waals surface area contributed by atoms with Crippen LogP contribution in [0.25, 0.3) is 0 Å². The molecule has 3 aromatic carbocycles. The summed E-state index contributed by atoms with van der Waals surface area (Å²) in [4.78, 5) is 12.6. The van der Waals surface area contributed by atoms with Gasteiger partial charge in [-0.15, -0.1) is 0 Å². The Balaban J connectivity index is 1.78. The number of ether oxygens (including phenoxy) is 1. The first-order valence-corrected chi connectivity index (χ1v) is 8.69. The Morgan fingerprint density at radius 1 is 0.885 bits per heavy atom. The van der Waals surface area contributed by atoms with Gasteiger partial charge >= 0.3 is 0 Å². The summed E-state index contributed by atoms with van der Waals surface area (Å²) in [5, 5.41) is 3.18. The van der Waals surface area contributed by atoms with Crippen molar-refractivity contribution >= 4 is 5.91 Å². The lowest BCUT2D eigenvalue weighted by molar-refractivity contribution is -0.120. The summed E-state index contributed by atoms with van der Waals surface area (Å²) in [7, 11) is 1.63. The van der Waals surface area contributed by atoms with E-state index in [0.717, 1.165) is 22.4 Å². The molecule has 1 amide bonds. The zero-order valence-corrected chi connectivity index (χ0v) is 15.1. The summed E-state index contributed by atoms with van der Waals surface area (Å²) in [6.45, 7) is 2.06. The Morgan fingerprint density at radius 3 is 2.12 bits per heavy atom. The van der Waals surface area contributed by atoms with Crippen molar-refractivity contribution in [2.24, 2.45) is 0 Å². The van der Waals surface area contributed by atoms with Crippen LogP contribution in [0.5, 0.6) is 5.75 Å². The number of nitrogens with one attached hydrogen (secondary N) is 1. The Morgan fingerprint density at radius 2 is 1.50 bits per heavy atom. The maximum atomic E-state index is 12.6. The van der Waals surface area contributed by atoms with Gasteiger partial charge in [0.05, 0.1) is 19.6 Å². The minimum absolute atomic E-state index is 0.00963. The Hall–Kier alpha value is -3.07. The van der Waals surface area contributed by atoms with E-state index in [0.29, 0.717) is 6.42 Å². The minimum atomic E-state index is -0.164. The smallest absolute Gasteiger partial charge is 0.225 e. The second-order valence-electron chi connectivity index (χ2n) is 6.35. The normalized spacial score (nSPS) is 11.6. The molecule has 1 atom stereocenters. The SMILES string of the molecule is COc1ccc(CC(=O)NC(c2ccccc2)c2ccc(C)cc2)cc1. The fourth-order valence-electron chi connectivity index (χ4n) is 2.90. The molecule has 1 unspecified atom stereocenters. The predicted molar refractivity (Wildman–Crippen MR) is 104 cm³/mol. The molecule has 3 aromatic rings. The van der Waals surface area contributed by atoms with Crippen LogP contribution in [0.4, 0.5) is 0 Å². The summed E-state index contributed by atoms with van der Waals surface area (Å²) in [5.74, 6) is 0.778. The molecule has 0 heterocycles. The number of hydrogen-bond donors (Lipinski definition) is 1. The van der Waals surface area contributed by atoms with Crippen LogP contribution in [0, 0.1) is 6.92 Å². The first-order valence-electron chi connectivity index (χ1n) is 8.69. The van der Waals surface area contributed by atoms with Gasteiger partial charge in [0.25, 0.3) is 0 Å². The molecule has 0 aromatic heterocycles. The molecule has 0 bridgehead atoms. The van der Waals surface area contributed by atoms with E-state index >= 15 is 0 Å². The van der Waals surface area contributed by atoms with Gasteiger partial charge in [-0.2, -0.15) is 0 Å². The van der Waals surface area contributed by atoms with Crippen LogP contribution in [0.2, 0.25) is 0 Å². The minimum Gasteiger partial charge on any atom is -0.497 e. The molecule has 1 N–H and O–H groups in total. The molecule has 3 rings (SSSR count). The molecule has 132 valence electrons. The van der Waals surface area contributed by atoms with Gasteiger partial charge in [-0.1, -0.05) is 72.3 Å². The van der Waals surface area contributed by atoms with E-state index in [1.54, 1.807) is 7.11 Å². The van der Waals surface area contributed by atoms with Gasteiger partial charge in [0.15, 0.2) is 0 Å². The molecule has 3 heteroatoms. The average Bonchev–Trinajstić information content (AvgIpc) is 2.68. The van der Waals surface area contributed by atoms with Crippen molar-refractivity contribution in [3.63, 3.8) is 0 Å². The highest BCUT2D eigenvalue weighted by Crippen LogP contribution is 2.22. The zero-order valence-electron chi connectivity index (χ0n) is 15.1. The van der Waals surface area contributed by atoms with Crippen LogP contribution in [0.3, 0.4) is 0 Å². The van der Waals surface area contributed by atoms with Crippen molar-refractivity contribution in [1.29, 1.82) is 0 Å². The third kappa shape index (κ3) is 4.51. The van der Waals surface area contributed by atoms with E-state index in [2.05, 4.69) is 36.5 Å². The van der Waals surface area contributed by atoms with Crippen LogP contribution in [-0.4, -0.2) is 13.0 Å². The standard InChI is InChI=1S/C23H23NO2/c1-17-8-12-20(13-9-17)23(19-6-4-3-5-7-19)24-22(25)16-18-10-14-21(26-2)15-11-18/h3-15,23H,16H2,1-2H3,(H,24,25). The van der Waals surface area contributed by atoms with Crippen molar-refractivity contribution in [2.45, 2.75) is 19.4 Å². The molecule has 0 aliphatic heterocycles. The van der Waals surface area contributed by atoms with Gasteiger partial charge in [-0.05, 0) is 35.7 Å². The third-order valence-electron chi connectivity index (χ3n) is 4.37. The molecule has 0 saturated heterocycles. The van der Waals surface area contributed by atoms with Gasteiger partial charge in [0.2, 0.25) is 5.91 Å². The number of hydrogen-bond acceptors (Lipinski definition) is 2. The summed E-state index contributed by atoms with van der Waals surface area (Å²) >= 11 is 0. The summed E-state index contributed by atoms with van der Waals surface area (Å²) in [5.41, 5.74) is 4.30. The lowest BCUT2D eigenvalue weighted by Crippen LogP contribution is -2.30. The van der Waals surface area contributed by atoms with E-state index in [1.807, 2.05) is 54.6 Å². The predicted octanol–water partition coefficient (Wildman–Crippen LogP) is 4.45. The fourth-order valence-corrected chi connectivity index (χ4v) is 2.90. The lowest BCUT2D eigenvalue weighted by atomic mass is 9.97. The van der Waals surface area contributed by atoms with Crippen LogP contribution >= 0.6 is 0 Å². The molecule has 0 spiro atoms. The van der Waals surface area contributed by atoms with E-state index in [4.69, 9.17) is 4.74 Å². The van der Waals surface area contributed by atoms with E-state index in [9.17, 15) is 4.79 Å². The topological polar surface area (TPSA) is 38.3 Å². The van der Waals surface area contributed by atoms with Crippen molar-refractivity contribution in [3.8, 4) is 5.75 Å². The lowest BCUT2D eigenvalue weighted by Gasteiger charge is -2.20. The number of methoxy groups -OCH3 is 1. The summed E-state index contributed by atoms with van der Waals surface area (Å²) < 4.78 is 5.16. The molecule has 3 nitrogen and oxygen atoms in total. The van der Waals surface area contributed by atoms with Crippen molar-refractivity contribution in [2.75, 3.05) is 7.11 Å². The average molecular weight is 345 g/mol.